The second-order valence-electron chi connectivity index (χ2n) is 5.32. The summed E-state index contributed by atoms with van der Waals surface area (Å²) < 4.78 is 0. The van der Waals surface area contributed by atoms with E-state index >= 15 is 0 Å². The molecule has 3 aromatic carbocycles. The van der Waals surface area contributed by atoms with Gasteiger partial charge in [0, 0.05) is 15.5 Å². The lowest BCUT2D eigenvalue weighted by Crippen LogP contribution is -2.27. The van der Waals surface area contributed by atoms with E-state index in [1.54, 1.807) is 11.8 Å². The lowest BCUT2D eigenvalue weighted by atomic mass is 10.1. The van der Waals surface area contributed by atoms with Crippen molar-refractivity contribution in [2.24, 2.45) is 5.73 Å². The molecule has 0 radical (unpaired) electrons. The minimum Gasteiger partial charge on any atom is -0.324 e. The lowest BCUT2D eigenvalue weighted by molar-refractivity contribution is -0.117. The molecule has 0 aliphatic rings. The van der Waals surface area contributed by atoms with Gasteiger partial charge in [-0.05, 0) is 42.0 Å². The van der Waals surface area contributed by atoms with Crippen LogP contribution in [0.5, 0.6) is 0 Å². The van der Waals surface area contributed by atoms with Gasteiger partial charge in [-0.3, -0.25) is 4.79 Å². The first kappa shape index (κ1) is 16.3. The molecule has 0 aliphatic carbocycles. The maximum Gasteiger partial charge on any atom is 0.245 e. The van der Waals surface area contributed by atoms with Crippen molar-refractivity contribution >= 4 is 23.4 Å². The molecule has 120 valence electrons. The molecule has 0 spiro atoms. The Balaban J connectivity index is 1.62. The number of benzene rings is 3. The highest BCUT2D eigenvalue weighted by Crippen LogP contribution is 2.28. The van der Waals surface area contributed by atoms with Crippen LogP contribution in [0.1, 0.15) is 11.6 Å². The molecule has 0 heterocycles. The van der Waals surface area contributed by atoms with E-state index in [0.717, 1.165) is 16.1 Å². The molecule has 3 nitrogen and oxygen atoms in total. The predicted octanol–water partition coefficient (Wildman–Crippen LogP) is 4.48. The van der Waals surface area contributed by atoms with Gasteiger partial charge in [0.1, 0.15) is 6.04 Å². The second kappa shape index (κ2) is 7.81. The average molecular weight is 334 g/mol. The third-order valence-corrected chi connectivity index (χ3v) is 4.56. The van der Waals surface area contributed by atoms with Crippen molar-refractivity contribution < 1.29 is 4.79 Å². The van der Waals surface area contributed by atoms with Crippen molar-refractivity contribution in [3.63, 3.8) is 0 Å². The van der Waals surface area contributed by atoms with Gasteiger partial charge >= 0.3 is 0 Å². The van der Waals surface area contributed by atoms with Gasteiger partial charge in [-0.2, -0.15) is 0 Å². The first-order chi connectivity index (χ1) is 11.7. The summed E-state index contributed by atoms with van der Waals surface area (Å²) in [6.07, 6.45) is 0. The summed E-state index contributed by atoms with van der Waals surface area (Å²) in [7, 11) is 0. The van der Waals surface area contributed by atoms with E-state index in [2.05, 4.69) is 17.4 Å². The van der Waals surface area contributed by atoms with Crippen LogP contribution in [0.4, 0.5) is 5.69 Å². The van der Waals surface area contributed by atoms with Gasteiger partial charge in [0.15, 0.2) is 0 Å². The fourth-order valence-corrected chi connectivity index (χ4v) is 3.10. The number of carbonyl (C=O) groups is 1. The number of hydrogen-bond donors (Lipinski definition) is 2. The van der Waals surface area contributed by atoms with Gasteiger partial charge in [0.2, 0.25) is 5.91 Å². The summed E-state index contributed by atoms with van der Waals surface area (Å²) in [6, 6.07) is 26.6. The summed E-state index contributed by atoms with van der Waals surface area (Å²) >= 11 is 1.68. The molecule has 0 bridgehead atoms. The number of nitrogens with one attached hydrogen (secondary N) is 1. The molecule has 0 saturated heterocycles. The molecule has 1 atom stereocenters. The van der Waals surface area contributed by atoms with E-state index in [0.29, 0.717) is 0 Å². The zero-order valence-electron chi connectivity index (χ0n) is 13.1. The van der Waals surface area contributed by atoms with Gasteiger partial charge in [0.25, 0.3) is 0 Å². The third kappa shape index (κ3) is 4.25. The van der Waals surface area contributed by atoms with E-state index in [-0.39, 0.29) is 5.91 Å². The van der Waals surface area contributed by atoms with Crippen molar-refractivity contribution in [2.45, 2.75) is 15.8 Å². The van der Waals surface area contributed by atoms with Crippen molar-refractivity contribution in [1.82, 2.24) is 0 Å². The molecule has 0 saturated carbocycles. The van der Waals surface area contributed by atoms with Crippen molar-refractivity contribution in [3.05, 3.63) is 90.5 Å². The number of anilines is 1. The molecule has 24 heavy (non-hydrogen) atoms. The van der Waals surface area contributed by atoms with E-state index < -0.39 is 6.04 Å². The quantitative estimate of drug-likeness (QED) is 0.723. The lowest BCUT2D eigenvalue weighted by Gasteiger charge is -2.13. The largest absolute Gasteiger partial charge is 0.324 e. The highest BCUT2D eigenvalue weighted by molar-refractivity contribution is 7.99. The Bertz CT molecular complexity index is 789. The van der Waals surface area contributed by atoms with Gasteiger partial charge in [-0.1, -0.05) is 60.3 Å². The predicted molar refractivity (Wildman–Crippen MR) is 99.0 cm³/mol. The average Bonchev–Trinajstić information content (AvgIpc) is 2.64. The Labute approximate surface area is 145 Å². The molecule has 3 N–H and O–H groups in total. The van der Waals surface area contributed by atoms with Crippen LogP contribution in [0.25, 0.3) is 0 Å². The number of amides is 1. The highest BCUT2D eigenvalue weighted by atomic mass is 32.2. The zero-order valence-corrected chi connectivity index (χ0v) is 13.9. The van der Waals surface area contributed by atoms with Crippen LogP contribution in [0.15, 0.2) is 94.7 Å². The van der Waals surface area contributed by atoms with E-state index in [1.165, 1.54) is 4.90 Å². The Morgan fingerprint density at radius 2 is 1.33 bits per heavy atom. The molecule has 1 amide bonds. The molecular formula is C20H18N2OS. The van der Waals surface area contributed by atoms with Crippen LogP contribution < -0.4 is 11.1 Å². The van der Waals surface area contributed by atoms with Crippen LogP contribution in [-0.2, 0) is 4.79 Å². The molecule has 0 aromatic heterocycles. The second-order valence-corrected chi connectivity index (χ2v) is 6.46. The smallest absolute Gasteiger partial charge is 0.245 e. The van der Waals surface area contributed by atoms with Crippen molar-refractivity contribution in [1.29, 1.82) is 0 Å². The molecule has 4 heteroatoms. The summed E-state index contributed by atoms with van der Waals surface area (Å²) in [5, 5.41) is 2.86. The summed E-state index contributed by atoms with van der Waals surface area (Å²) in [5.74, 6) is -0.218. The van der Waals surface area contributed by atoms with Gasteiger partial charge in [-0.15, -0.1) is 0 Å². The van der Waals surface area contributed by atoms with Gasteiger partial charge < -0.3 is 11.1 Å². The van der Waals surface area contributed by atoms with E-state index in [9.17, 15) is 4.79 Å². The SMILES string of the molecule is NC(C(=O)Nc1ccc(Sc2ccccc2)cc1)c1ccccc1. The fourth-order valence-electron chi connectivity index (χ4n) is 2.26. The Kier molecular flexibility index (Phi) is 5.31. The molecule has 0 fully saturated rings. The minimum absolute atomic E-state index is 0.218. The standard InChI is InChI=1S/C20H18N2OS/c21-19(15-7-3-1-4-8-15)20(23)22-16-11-13-18(14-12-16)24-17-9-5-2-6-10-17/h1-14,19H,21H2,(H,22,23). The number of rotatable bonds is 5. The summed E-state index contributed by atoms with van der Waals surface area (Å²) in [5.41, 5.74) is 7.54. The molecule has 3 aromatic rings. The van der Waals surface area contributed by atoms with Gasteiger partial charge in [-0.25, -0.2) is 0 Å². The normalized spacial score (nSPS) is 11.7. The molecule has 1 unspecified atom stereocenters. The van der Waals surface area contributed by atoms with Crippen LogP contribution >= 0.6 is 11.8 Å². The zero-order chi connectivity index (χ0) is 16.8. The molecule has 0 aliphatic heterocycles. The first-order valence-corrected chi connectivity index (χ1v) is 8.48. The third-order valence-electron chi connectivity index (χ3n) is 3.54. The fraction of sp³-hybridized carbons (Fsp3) is 0.0500. The monoisotopic (exact) mass is 334 g/mol. The van der Waals surface area contributed by atoms with Crippen LogP contribution in [0.2, 0.25) is 0 Å². The van der Waals surface area contributed by atoms with Crippen LogP contribution in [0.3, 0.4) is 0 Å². The number of carbonyl (C=O) groups excluding carboxylic acids is 1. The Morgan fingerprint density at radius 1 is 0.792 bits per heavy atom. The van der Waals surface area contributed by atoms with Crippen molar-refractivity contribution in [2.75, 3.05) is 5.32 Å². The maximum atomic E-state index is 12.2. The van der Waals surface area contributed by atoms with E-state index in [4.69, 9.17) is 5.73 Å². The first-order valence-electron chi connectivity index (χ1n) is 7.67. The number of hydrogen-bond acceptors (Lipinski definition) is 3. The van der Waals surface area contributed by atoms with Crippen LogP contribution in [-0.4, -0.2) is 5.91 Å². The van der Waals surface area contributed by atoms with Crippen molar-refractivity contribution in [3.8, 4) is 0 Å². The van der Waals surface area contributed by atoms with Crippen LogP contribution in [0, 0.1) is 0 Å². The Morgan fingerprint density at radius 3 is 1.96 bits per heavy atom. The summed E-state index contributed by atoms with van der Waals surface area (Å²) in [4.78, 5) is 14.5. The summed E-state index contributed by atoms with van der Waals surface area (Å²) in [6.45, 7) is 0. The Hall–Kier alpha value is -2.56. The minimum atomic E-state index is -0.676. The maximum absolute atomic E-state index is 12.2. The van der Waals surface area contributed by atoms with Gasteiger partial charge in [0.05, 0.1) is 0 Å². The number of nitrogens with two attached hydrogens (primary N) is 1. The molecular weight excluding hydrogens is 316 g/mol. The molecule has 3 rings (SSSR count). The topological polar surface area (TPSA) is 55.1 Å². The highest BCUT2D eigenvalue weighted by Gasteiger charge is 2.15. The van der Waals surface area contributed by atoms with E-state index in [1.807, 2.05) is 72.8 Å².